The highest BCUT2D eigenvalue weighted by molar-refractivity contribution is 5.90. The minimum absolute atomic E-state index is 0.164. The fourth-order valence-corrected chi connectivity index (χ4v) is 2.32. The first-order valence-corrected chi connectivity index (χ1v) is 7.06. The number of anilines is 1. The summed E-state index contributed by atoms with van der Waals surface area (Å²) in [6, 6.07) is 10.7. The fourth-order valence-electron chi connectivity index (χ4n) is 2.32. The van der Waals surface area contributed by atoms with Crippen LogP contribution in [0.5, 0.6) is 11.5 Å². The van der Waals surface area contributed by atoms with E-state index in [0.717, 1.165) is 11.3 Å². The number of nitrogens with one attached hydrogen (secondary N) is 1. The molecule has 1 aromatic heterocycles. The van der Waals surface area contributed by atoms with Crippen molar-refractivity contribution in [2.24, 2.45) is 0 Å². The molecule has 0 radical (unpaired) electrons. The van der Waals surface area contributed by atoms with Crippen LogP contribution in [0.1, 0.15) is 5.56 Å². The molecule has 0 fully saturated rings. The number of methoxy groups -OCH3 is 2. The van der Waals surface area contributed by atoms with E-state index in [4.69, 9.17) is 9.47 Å². The molecule has 0 spiro atoms. The van der Waals surface area contributed by atoms with Gasteiger partial charge >= 0.3 is 0 Å². The molecule has 0 amide bonds. The van der Waals surface area contributed by atoms with Crippen LogP contribution in [-0.2, 0) is 6.54 Å². The van der Waals surface area contributed by atoms with Crippen LogP contribution in [0.25, 0.3) is 10.9 Å². The third-order valence-electron chi connectivity index (χ3n) is 3.50. The van der Waals surface area contributed by atoms with E-state index in [0.29, 0.717) is 23.3 Å². The number of halogens is 1. The molecule has 6 heteroatoms. The fraction of sp³-hybridized carbons (Fsp3) is 0.176. The third kappa shape index (κ3) is 3.15. The van der Waals surface area contributed by atoms with Gasteiger partial charge in [0, 0.05) is 18.0 Å². The van der Waals surface area contributed by atoms with Crippen molar-refractivity contribution < 1.29 is 13.9 Å². The zero-order valence-electron chi connectivity index (χ0n) is 12.8. The van der Waals surface area contributed by atoms with Crippen LogP contribution in [0.3, 0.4) is 0 Å². The van der Waals surface area contributed by atoms with Crippen LogP contribution in [-0.4, -0.2) is 24.2 Å². The molecule has 5 nitrogen and oxygen atoms in total. The summed E-state index contributed by atoms with van der Waals surface area (Å²) in [4.78, 5) is 8.33. The zero-order chi connectivity index (χ0) is 16.2. The minimum Gasteiger partial charge on any atom is -0.497 e. The number of ether oxygens (including phenoxy) is 2. The largest absolute Gasteiger partial charge is 0.497 e. The van der Waals surface area contributed by atoms with Crippen molar-refractivity contribution in [3.05, 3.63) is 54.1 Å². The van der Waals surface area contributed by atoms with Crippen LogP contribution < -0.4 is 14.8 Å². The van der Waals surface area contributed by atoms with Crippen LogP contribution in [0.2, 0.25) is 0 Å². The molecule has 0 unspecified atom stereocenters. The van der Waals surface area contributed by atoms with E-state index in [1.165, 1.54) is 19.5 Å². The topological polar surface area (TPSA) is 56.3 Å². The molecule has 3 rings (SSSR count). The molecule has 0 saturated heterocycles. The summed E-state index contributed by atoms with van der Waals surface area (Å²) in [6.07, 6.45) is 1.40. The highest BCUT2D eigenvalue weighted by Gasteiger charge is 2.10. The number of nitrogens with zero attached hydrogens (tertiary/aromatic N) is 2. The Labute approximate surface area is 133 Å². The Morgan fingerprint density at radius 2 is 1.96 bits per heavy atom. The summed E-state index contributed by atoms with van der Waals surface area (Å²) in [5, 5.41) is 3.94. The molecule has 118 valence electrons. The van der Waals surface area contributed by atoms with Crippen LogP contribution >= 0.6 is 0 Å². The number of hydrogen-bond donors (Lipinski definition) is 1. The lowest BCUT2D eigenvalue weighted by atomic mass is 10.2. The van der Waals surface area contributed by atoms with Gasteiger partial charge in [-0.05, 0) is 23.8 Å². The van der Waals surface area contributed by atoms with Gasteiger partial charge in [0.05, 0.1) is 19.7 Å². The van der Waals surface area contributed by atoms with Crippen LogP contribution in [0.4, 0.5) is 10.2 Å². The molecule has 0 aliphatic carbocycles. The van der Waals surface area contributed by atoms with E-state index in [2.05, 4.69) is 15.3 Å². The number of benzene rings is 2. The molecule has 23 heavy (non-hydrogen) atoms. The van der Waals surface area contributed by atoms with Crippen LogP contribution in [0.15, 0.2) is 42.7 Å². The zero-order valence-corrected chi connectivity index (χ0v) is 12.8. The quantitative estimate of drug-likeness (QED) is 0.782. The molecule has 3 aromatic rings. The molecule has 2 aromatic carbocycles. The van der Waals surface area contributed by atoms with E-state index < -0.39 is 5.82 Å². The van der Waals surface area contributed by atoms with E-state index >= 15 is 0 Å². The van der Waals surface area contributed by atoms with Gasteiger partial charge in [0.25, 0.3) is 0 Å². The third-order valence-corrected chi connectivity index (χ3v) is 3.50. The Morgan fingerprint density at radius 3 is 2.74 bits per heavy atom. The second kappa shape index (κ2) is 6.48. The maximum absolute atomic E-state index is 13.8. The van der Waals surface area contributed by atoms with Gasteiger partial charge in [-0.1, -0.05) is 12.1 Å². The monoisotopic (exact) mass is 313 g/mol. The number of rotatable bonds is 5. The molecule has 0 bridgehead atoms. The van der Waals surface area contributed by atoms with Crippen molar-refractivity contribution in [1.82, 2.24) is 9.97 Å². The number of aromatic nitrogens is 2. The summed E-state index contributed by atoms with van der Waals surface area (Å²) in [5.41, 5.74) is 1.57. The average Bonchev–Trinajstić information content (AvgIpc) is 2.59. The second-order valence-corrected chi connectivity index (χ2v) is 4.93. The van der Waals surface area contributed by atoms with Gasteiger partial charge in [-0.3, -0.25) is 0 Å². The van der Waals surface area contributed by atoms with Gasteiger partial charge in [0.15, 0.2) is 11.6 Å². The van der Waals surface area contributed by atoms with Gasteiger partial charge in [-0.2, -0.15) is 0 Å². The second-order valence-electron chi connectivity index (χ2n) is 4.93. The Hall–Kier alpha value is -2.89. The lowest BCUT2D eigenvalue weighted by Crippen LogP contribution is -2.03. The first-order valence-electron chi connectivity index (χ1n) is 7.06. The summed E-state index contributed by atoms with van der Waals surface area (Å²) in [5.74, 6) is 1.13. The first kappa shape index (κ1) is 15.0. The first-order chi connectivity index (χ1) is 11.2. The van der Waals surface area contributed by atoms with Crippen molar-refractivity contribution in [3.63, 3.8) is 0 Å². The summed E-state index contributed by atoms with van der Waals surface area (Å²) >= 11 is 0. The van der Waals surface area contributed by atoms with Crippen LogP contribution in [0, 0.1) is 5.82 Å². The maximum Gasteiger partial charge on any atom is 0.167 e. The van der Waals surface area contributed by atoms with E-state index in [9.17, 15) is 4.39 Å². The molecule has 1 heterocycles. The highest BCUT2D eigenvalue weighted by Crippen LogP contribution is 2.27. The van der Waals surface area contributed by atoms with Gasteiger partial charge in [-0.25, -0.2) is 14.4 Å². The smallest absolute Gasteiger partial charge is 0.167 e. The van der Waals surface area contributed by atoms with Crippen molar-refractivity contribution in [2.75, 3.05) is 19.5 Å². The summed E-state index contributed by atoms with van der Waals surface area (Å²) in [6.45, 7) is 0.559. The molecule has 0 aliphatic rings. The Morgan fingerprint density at radius 1 is 1.09 bits per heavy atom. The number of fused-ring (bicyclic) bond motifs is 1. The lowest BCUT2D eigenvalue weighted by molar-refractivity contribution is 0.387. The van der Waals surface area contributed by atoms with Crippen molar-refractivity contribution in [2.45, 2.75) is 6.54 Å². The molecule has 1 N–H and O–H groups in total. The lowest BCUT2D eigenvalue weighted by Gasteiger charge is -2.10. The highest BCUT2D eigenvalue weighted by atomic mass is 19.1. The maximum atomic E-state index is 13.8. The average molecular weight is 313 g/mol. The number of hydrogen-bond acceptors (Lipinski definition) is 5. The molecule has 0 aliphatic heterocycles. The van der Waals surface area contributed by atoms with E-state index in [1.807, 2.05) is 24.3 Å². The van der Waals surface area contributed by atoms with Gasteiger partial charge in [0.2, 0.25) is 0 Å². The van der Waals surface area contributed by atoms with Crippen molar-refractivity contribution >= 4 is 16.7 Å². The Balaban J connectivity index is 1.90. The standard InChI is InChI=1S/C17H16FN3O2/c1-22-12-5-3-4-11(6-12)9-19-17-13-7-16(23-2)14(18)8-15(13)20-10-21-17/h3-8,10H,9H2,1-2H3,(H,19,20,21). The van der Waals surface area contributed by atoms with Gasteiger partial charge in [-0.15, -0.1) is 0 Å². The predicted octanol–water partition coefficient (Wildman–Crippen LogP) is 3.40. The normalized spacial score (nSPS) is 10.6. The molecular formula is C17H16FN3O2. The predicted molar refractivity (Wildman–Crippen MR) is 86.4 cm³/mol. The van der Waals surface area contributed by atoms with Gasteiger partial charge in [0.1, 0.15) is 17.9 Å². The summed E-state index contributed by atoms with van der Waals surface area (Å²) < 4.78 is 24.0. The molecule has 0 saturated carbocycles. The van der Waals surface area contributed by atoms with Crippen molar-refractivity contribution in [3.8, 4) is 11.5 Å². The van der Waals surface area contributed by atoms with E-state index in [-0.39, 0.29) is 5.75 Å². The molecule has 0 atom stereocenters. The van der Waals surface area contributed by atoms with E-state index in [1.54, 1.807) is 13.2 Å². The summed E-state index contributed by atoms with van der Waals surface area (Å²) in [7, 11) is 3.06. The minimum atomic E-state index is -0.447. The Bertz CT molecular complexity index is 839. The van der Waals surface area contributed by atoms with Gasteiger partial charge < -0.3 is 14.8 Å². The molecular weight excluding hydrogens is 297 g/mol. The Kier molecular flexibility index (Phi) is 4.23. The van der Waals surface area contributed by atoms with Crippen molar-refractivity contribution in [1.29, 1.82) is 0 Å². The SMILES string of the molecule is COc1cccc(CNc2ncnc3cc(F)c(OC)cc23)c1.